The van der Waals surface area contributed by atoms with Crippen molar-refractivity contribution >= 4 is 57.8 Å². The van der Waals surface area contributed by atoms with E-state index in [1.807, 2.05) is 0 Å². The lowest BCUT2D eigenvalue weighted by Crippen LogP contribution is -2.72. The van der Waals surface area contributed by atoms with Crippen LogP contribution in [0.5, 0.6) is 0 Å². The van der Waals surface area contributed by atoms with Gasteiger partial charge >= 0.3 is 0 Å². The summed E-state index contributed by atoms with van der Waals surface area (Å²) in [4.78, 5) is 14.0. The van der Waals surface area contributed by atoms with Crippen molar-refractivity contribution in [2.75, 3.05) is 114 Å². The summed E-state index contributed by atoms with van der Waals surface area (Å²) in [5.41, 5.74) is 22.1. The van der Waals surface area contributed by atoms with E-state index in [0.717, 1.165) is 0 Å². The van der Waals surface area contributed by atoms with Gasteiger partial charge in [0.05, 0.1) is 34.1 Å². The van der Waals surface area contributed by atoms with Crippen LogP contribution < -0.4 is 45.0 Å². The highest BCUT2D eigenvalue weighted by Gasteiger charge is 2.54. The zero-order chi connectivity index (χ0) is 39.6. The van der Waals surface area contributed by atoms with Crippen LogP contribution in [-0.4, -0.2) is 92.6 Å². The zero-order valence-electron chi connectivity index (χ0n) is 37.0. The van der Waals surface area contributed by atoms with Gasteiger partial charge in [-0.3, -0.25) is 0 Å². The summed E-state index contributed by atoms with van der Waals surface area (Å²) in [5, 5.41) is 4.54. The largest absolute Gasteiger partial charge is 0.376 e. The second kappa shape index (κ2) is 14.5. The molecule has 284 valence electrons. The van der Waals surface area contributed by atoms with E-state index in [0.29, 0.717) is 0 Å². The Kier molecular flexibility index (Phi) is 11.4. The summed E-state index contributed by atoms with van der Waals surface area (Å²) < 4.78 is 0. The molecule has 1 aliphatic rings. The molecule has 0 bridgehead atoms. The molecule has 0 radical (unpaired) electrons. The van der Waals surface area contributed by atoms with Crippen molar-refractivity contribution < 1.29 is 0 Å². The molecule has 0 atom stereocenters. The third kappa shape index (κ3) is 6.11. The highest BCUT2D eigenvalue weighted by molar-refractivity contribution is 7.14. The quantitative estimate of drug-likeness (QED) is 0.159. The van der Waals surface area contributed by atoms with Crippen molar-refractivity contribution in [1.82, 2.24) is 0 Å². The van der Waals surface area contributed by atoms with E-state index in [2.05, 4.69) is 201 Å². The van der Waals surface area contributed by atoms with Crippen molar-refractivity contribution in [3.8, 4) is 0 Å². The third-order valence-electron chi connectivity index (χ3n) is 12.2. The maximum atomic E-state index is 2.61. The number of aryl methyl sites for hydroxylation is 3. The van der Waals surface area contributed by atoms with E-state index in [4.69, 9.17) is 0 Å². The van der Waals surface area contributed by atoms with E-state index in [-0.39, 0.29) is 5.54 Å². The minimum Gasteiger partial charge on any atom is -0.376 e. The minimum atomic E-state index is -3.08. The molecule has 1 aliphatic carbocycles. The van der Waals surface area contributed by atoms with E-state index < -0.39 is 8.07 Å². The average molecular weight is 723 g/mol. The molecule has 0 saturated carbocycles. The first kappa shape index (κ1) is 40.9. The number of hydrogen-bond donors (Lipinski definition) is 0. The fourth-order valence-electron chi connectivity index (χ4n) is 10.1. The monoisotopic (exact) mass is 723 g/mol. The lowest BCUT2D eigenvalue weighted by atomic mass is 10.0. The second-order valence-corrected chi connectivity index (χ2v) is 20.7. The van der Waals surface area contributed by atoms with Crippen LogP contribution in [0.2, 0.25) is 5.54 Å². The lowest BCUT2D eigenvalue weighted by Gasteiger charge is -2.46. The van der Waals surface area contributed by atoms with Gasteiger partial charge in [-0.15, -0.1) is 0 Å². The summed E-state index contributed by atoms with van der Waals surface area (Å²) in [6.07, 6.45) is 0. The minimum absolute atomic E-state index is 0.238. The molecule has 3 aromatic carbocycles. The average Bonchev–Trinajstić information content (AvgIpc) is 3.22. The van der Waals surface area contributed by atoms with Gasteiger partial charge in [-0.25, -0.2) is 0 Å². The molecule has 0 saturated heterocycles. The summed E-state index contributed by atoms with van der Waals surface area (Å²) in [6, 6.07) is 7.84. The number of rotatable bonds is 10. The second-order valence-electron chi connectivity index (χ2n) is 16.9. The van der Waals surface area contributed by atoms with E-state index in [1.165, 1.54) is 105 Å². The Morgan fingerprint density at radius 2 is 0.558 bits per heavy atom. The fourth-order valence-corrected chi connectivity index (χ4v) is 17.1. The van der Waals surface area contributed by atoms with Crippen molar-refractivity contribution in [2.24, 2.45) is 0 Å². The van der Waals surface area contributed by atoms with Gasteiger partial charge in [0, 0.05) is 90.1 Å². The lowest BCUT2D eigenvalue weighted by molar-refractivity contribution is 1.04. The molecular weight excluding hydrogens is 653 g/mol. The van der Waals surface area contributed by atoms with Crippen LogP contribution in [-0.2, 0) is 0 Å². The molecule has 0 aromatic heterocycles. The Bertz CT molecular complexity index is 1750. The Balaban J connectivity index is 2.58. The van der Waals surface area contributed by atoms with Crippen molar-refractivity contribution in [2.45, 2.75) is 74.8 Å². The molecule has 4 rings (SSSR count). The maximum Gasteiger partial charge on any atom is 0.160 e. The predicted molar refractivity (Wildman–Crippen MR) is 239 cm³/mol. The first-order valence-electron chi connectivity index (χ1n) is 18.8. The van der Waals surface area contributed by atoms with Crippen LogP contribution >= 0.6 is 0 Å². The standard InChI is InChI=1S/C45H70N6Si/c1-26-23-36(33(8)42(49(17)18)39(26)46(11)12)52(45-31(6)29(4)30(5)32(45)7,37-24-27(2)40(47(13)14)43(34(37)9)50(19)20)38-25-28(3)41(48(15)16)44(35(38)10)51(21)22/h23-25,45H,1-22H3. The van der Waals surface area contributed by atoms with Gasteiger partial charge in [-0.1, -0.05) is 29.3 Å². The van der Waals surface area contributed by atoms with E-state index in [9.17, 15) is 0 Å². The number of anilines is 6. The fraction of sp³-hybridized carbons (Fsp3) is 0.511. The predicted octanol–water partition coefficient (Wildman–Crippen LogP) is 7.46. The normalized spacial score (nSPS) is 13.7. The maximum absolute atomic E-state index is 3.08. The Labute approximate surface area is 319 Å². The zero-order valence-corrected chi connectivity index (χ0v) is 38.0. The van der Waals surface area contributed by atoms with Crippen LogP contribution in [0.3, 0.4) is 0 Å². The Morgan fingerprint density at radius 1 is 0.346 bits per heavy atom. The molecule has 52 heavy (non-hydrogen) atoms. The number of hydrogen-bond acceptors (Lipinski definition) is 6. The highest BCUT2D eigenvalue weighted by Crippen LogP contribution is 2.50. The third-order valence-corrected chi connectivity index (χ3v) is 18.0. The van der Waals surface area contributed by atoms with Crippen molar-refractivity contribution in [3.05, 3.63) is 73.9 Å². The van der Waals surface area contributed by atoms with E-state index in [1.54, 1.807) is 0 Å². The molecular formula is C45H70N6Si. The first-order valence-corrected chi connectivity index (χ1v) is 20.9. The van der Waals surface area contributed by atoms with Gasteiger partial charge < -0.3 is 29.4 Å². The molecule has 0 fully saturated rings. The molecule has 0 N–H and O–H groups in total. The molecule has 7 heteroatoms. The van der Waals surface area contributed by atoms with Crippen LogP contribution in [0.1, 0.15) is 61.1 Å². The highest BCUT2D eigenvalue weighted by atomic mass is 28.3. The van der Waals surface area contributed by atoms with Crippen molar-refractivity contribution in [3.63, 3.8) is 0 Å². The molecule has 0 aliphatic heterocycles. The van der Waals surface area contributed by atoms with Crippen LogP contribution in [0.15, 0.2) is 40.5 Å². The smallest absolute Gasteiger partial charge is 0.160 e. The molecule has 0 heterocycles. The van der Waals surface area contributed by atoms with Gasteiger partial charge in [0.25, 0.3) is 0 Å². The summed E-state index contributed by atoms with van der Waals surface area (Å²) >= 11 is 0. The summed E-state index contributed by atoms with van der Waals surface area (Å²) in [5.74, 6) is 0. The molecule has 3 aromatic rings. The molecule has 0 amide bonds. The summed E-state index contributed by atoms with van der Waals surface area (Å²) in [7, 11) is 23.4. The molecule has 0 spiro atoms. The Morgan fingerprint density at radius 3 is 0.750 bits per heavy atom. The Hall–Kier alpha value is -3.84. The SMILES string of the molecule is CC1=C(C)C([Si](c2cc(C)c(N(C)C)c(N(C)C)c2C)(c2cc(C)c(N(C)C)c(N(C)C)c2C)c2cc(C)c(N(C)C)c(N(C)C)c2C)C(C)=C1C. The van der Waals surface area contributed by atoms with Crippen molar-refractivity contribution in [1.29, 1.82) is 0 Å². The van der Waals surface area contributed by atoms with Crippen LogP contribution in [0.4, 0.5) is 34.1 Å². The molecule has 6 nitrogen and oxygen atoms in total. The first-order chi connectivity index (χ1) is 24.0. The van der Waals surface area contributed by atoms with Gasteiger partial charge in [-0.2, -0.15) is 0 Å². The van der Waals surface area contributed by atoms with Gasteiger partial charge in [0.2, 0.25) is 0 Å². The number of allylic oxidation sites excluding steroid dienone is 4. The van der Waals surface area contributed by atoms with Gasteiger partial charge in [0.15, 0.2) is 8.07 Å². The van der Waals surface area contributed by atoms with Gasteiger partial charge in [-0.05, 0) is 129 Å². The van der Waals surface area contributed by atoms with E-state index >= 15 is 0 Å². The van der Waals surface area contributed by atoms with Crippen LogP contribution in [0.25, 0.3) is 0 Å². The number of nitrogens with zero attached hydrogens (tertiary/aromatic N) is 6. The topological polar surface area (TPSA) is 19.4 Å². The number of benzene rings is 3. The van der Waals surface area contributed by atoms with Crippen LogP contribution in [0, 0.1) is 41.5 Å². The van der Waals surface area contributed by atoms with Gasteiger partial charge in [0.1, 0.15) is 0 Å². The molecule has 0 unspecified atom stereocenters. The summed E-state index contributed by atoms with van der Waals surface area (Å²) in [6.45, 7) is 23.8.